The van der Waals surface area contributed by atoms with Crippen LogP contribution in [-0.2, 0) is 25.9 Å². The van der Waals surface area contributed by atoms with E-state index in [0.29, 0.717) is 25.2 Å². The summed E-state index contributed by atoms with van der Waals surface area (Å²) >= 11 is 0. The maximum Gasteiger partial charge on any atom is 0.407 e. The molecule has 0 bridgehead atoms. The molecule has 2 heterocycles. The van der Waals surface area contributed by atoms with Gasteiger partial charge in [-0.05, 0) is 75.1 Å². The fourth-order valence-corrected chi connectivity index (χ4v) is 7.74. The van der Waals surface area contributed by atoms with E-state index >= 15 is 0 Å². The molecule has 4 rings (SSSR count). The van der Waals surface area contributed by atoms with Gasteiger partial charge in [0.05, 0.1) is 43.4 Å². The number of carboxylic acid groups (broad SMARTS) is 1. The molecule has 11 nitrogen and oxygen atoms in total. The van der Waals surface area contributed by atoms with E-state index in [-0.39, 0.29) is 36.9 Å². The van der Waals surface area contributed by atoms with E-state index < -0.39 is 46.0 Å². The Morgan fingerprint density at radius 1 is 1.09 bits per heavy atom. The zero-order valence-electron chi connectivity index (χ0n) is 26.3. The molecule has 2 aromatic carbocycles. The Bertz CT molecular complexity index is 1320. The van der Waals surface area contributed by atoms with Crippen LogP contribution in [0.1, 0.15) is 32.3 Å². The largest absolute Gasteiger partial charge is 0.497 e. The Morgan fingerprint density at radius 2 is 1.77 bits per heavy atom. The Balaban J connectivity index is 1.70. The highest BCUT2D eigenvalue weighted by Crippen LogP contribution is 2.36. The van der Waals surface area contributed by atoms with Crippen LogP contribution in [-0.4, -0.2) is 117 Å². The van der Waals surface area contributed by atoms with E-state index in [4.69, 9.17) is 14.2 Å². The minimum Gasteiger partial charge on any atom is -0.497 e. The first-order valence-corrected chi connectivity index (χ1v) is 16.5. The molecular formula is C32H47N3O8S. The lowest BCUT2D eigenvalue weighted by Crippen LogP contribution is -2.58. The number of nitrogens with zero attached hydrogens (tertiary/aromatic N) is 3. The first kappa shape index (κ1) is 34.1. The maximum absolute atomic E-state index is 14.2. The van der Waals surface area contributed by atoms with Gasteiger partial charge >= 0.3 is 6.09 Å². The van der Waals surface area contributed by atoms with Crippen LogP contribution < -0.4 is 4.74 Å². The van der Waals surface area contributed by atoms with Gasteiger partial charge in [0.15, 0.2) is 6.29 Å². The number of sulfonamides is 1. The number of fused-ring (bicyclic) bond motifs is 1. The van der Waals surface area contributed by atoms with Gasteiger partial charge in [-0.1, -0.05) is 44.2 Å². The fourth-order valence-electron chi connectivity index (χ4n) is 6.09. The number of methoxy groups -OCH3 is 1. The number of benzene rings is 2. The molecule has 12 heteroatoms. The predicted octanol–water partition coefficient (Wildman–Crippen LogP) is 3.38. The molecule has 0 aliphatic carbocycles. The fraction of sp³-hybridized carbons (Fsp3) is 0.594. The molecular weight excluding hydrogens is 586 g/mol. The number of rotatable bonds is 15. The molecule has 2 fully saturated rings. The molecule has 1 amide bonds. The zero-order valence-corrected chi connectivity index (χ0v) is 27.2. The van der Waals surface area contributed by atoms with Gasteiger partial charge in [0.25, 0.3) is 0 Å². The molecule has 0 unspecified atom stereocenters. The maximum atomic E-state index is 14.2. The third kappa shape index (κ3) is 8.29. The van der Waals surface area contributed by atoms with Crippen LogP contribution in [0.15, 0.2) is 59.5 Å². The van der Waals surface area contributed by atoms with Crippen LogP contribution in [0.4, 0.5) is 4.79 Å². The van der Waals surface area contributed by atoms with E-state index in [0.717, 1.165) is 12.1 Å². The van der Waals surface area contributed by atoms with Crippen LogP contribution in [0.25, 0.3) is 0 Å². The van der Waals surface area contributed by atoms with Gasteiger partial charge in [0.2, 0.25) is 10.0 Å². The summed E-state index contributed by atoms with van der Waals surface area (Å²) in [6.45, 7) is 5.20. The van der Waals surface area contributed by atoms with E-state index in [1.165, 1.54) is 28.4 Å². The Labute approximate surface area is 261 Å². The van der Waals surface area contributed by atoms with E-state index in [1.807, 2.05) is 63.2 Å². The highest BCUT2D eigenvalue weighted by atomic mass is 32.2. The van der Waals surface area contributed by atoms with Crippen molar-refractivity contribution in [3.63, 3.8) is 0 Å². The van der Waals surface area contributed by atoms with Crippen molar-refractivity contribution in [2.24, 2.45) is 11.3 Å². The molecule has 44 heavy (non-hydrogen) atoms. The van der Waals surface area contributed by atoms with Gasteiger partial charge in [0, 0.05) is 19.0 Å². The summed E-state index contributed by atoms with van der Waals surface area (Å²) in [7, 11) is 1.36. The van der Waals surface area contributed by atoms with Crippen molar-refractivity contribution >= 4 is 16.1 Å². The SMILES string of the molecule is COc1ccc(S(=O)(=O)N(C[C@@H](O)[C@H](Cc2ccccc2)N(C(=O)O)[C@H]2CO[C@H]3OCC[C@H]32)CC(C)(C)CCN(C)C)cc1. The minimum absolute atomic E-state index is 0.0683. The lowest BCUT2D eigenvalue weighted by molar-refractivity contribution is -0.0906. The third-order valence-corrected chi connectivity index (χ3v) is 10.4. The van der Waals surface area contributed by atoms with Crippen LogP contribution in [0.2, 0.25) is 0 Å². The second-order valence-electron chi connectivity index (χ2n) is 12.8. The Kier molecular flexibility index (Phi) is 11.3. The molecule has 2 N–H and O–H groups in total. The van der Waals surface area contributed by atoms with Gasteiger partial charge in [-0.25, -0.2) is 13.2 Å². The van der Waals surface area contributed by atoms with Crippen molar-refractivity contribution in [3.8, 4) is 5.75 Å². The van der Waals surface area contributed by atoms with Crippen LogP contribution in [0, 0.1) is 11.3 Å². The van der Waals surface area contributed by atoms with Crippen LogP contribution >= 0.6 is 0 Å². The van der Waals surface area contributed by atoms with Crippen molar-refractivity contribution < 1.29 is 37.6 Å². The second kappa shape index (κ2) is 14.6. The van der Waals surface area contributed by atoms with Crippen LogP contribution in [0.5, 0.6) is 5.75 Å². The third-order valence-electron chi connectivity index (χ3n) is 8.60. The molecule has 0 radical (unpaired) electrons. The summed E-state index contributed by atoms with van der Waals surface area (Å²) in [5.41, 5.74) is 0.385. The summed E-state index contributed by atoms with van der Waals surface area (Å²) in [5.74, 6) is 0.357. The van der Waals surface area contributed by atoms with Crippen molar-refractivity contribution in [3.05, 3.63) is 60.2 Å². The van der Waals surface area contributed by atoms with Gasteiger partial charge in [-0.15, -0.1) is 0 Å². The van der Waals surface area contributed by atoms with Crippen molar-refractivity contribution in [2.75, 3.05) is 54.1 Å². The zero-order chi connectivity index (χ0) is 32.1. The van der Waals surface area contributed by atoms with E-state index in [9.17, 15) is 23.4 Å². The van der Waals surface area contributed by atoms with Gasteiger partial charge in [-0.2, -0.15) is 4.31 Å². The van der Waals surface area contributed by atoms with Gasteiger partial charge < -0.3 is 29.3 Å². The topological polar surface area (TPSA) is 129 Å². The molecule has 0 saturated carbocycles. The molecule has 2 aliphatic heterocycles. The summed E-state index contributed by atoms with van der Waals surface area (Å²) in [6.07, 6.45) is -1.47. The quantitative estimate of drug-likeness (QED) is 0.303. The smallest absolute Gasteiger partial charge is 0.407 e. The monoisotopic (exact) mass is 633 g/mol. The number of amides is 1. The lowest BCUT2D eigenvalue weighted by Gasteiger charge is -2.40. The minimum atomic E-state index is -4.08. The number of hydrogen-bond acceptors (Lipinski definition) is 8. The molecule has 2 saturated heterocycles. The predicted molar refractivity (Wildman–Crippen MR) is 166 cm³/mol. The van der Waals surface area contributed by atoms with Crippen molar-refractivity contribution in [2.45, 2.75) is 62.5 Å². The first-order chi connectivity index (χ1) is 20.8. The molecule has 244 valence electrons. The summed E-state index contributed by atoms with van der Waals surface area (Å²) in [6, 6.07) is 14.0. The molecule has 2 aromatic rings. The molecule has 2 aliphatic rings. The summed E-state index contributed by atoms with van der Waals surface area (Å²) in [5, 5.41) is 22.5. The highest BCUT2D eigenvalue weighted by Gasteiger charge is 2.49. The van der Waals surface area contributed by atoms with E-state index in [2.05, 4.69) is 0 Å². The second-order valence-corrected chi connectivity index (χ2v) is 14.7. The normalized spacial score (nSPS) is 21.8. The number of hydrogen-bond donors (Lipinski definition) is 2. The van der Waals surface area contributed by atoms with Crippen molar-refractivity contribution in [1.29, 1.82) is 0 Å². The van der Waals surface area contributed by atoms with Gasteiger partial charge in [0.1, 0.15) is 5.75 Å². The Hall–Kier alpha value is -2.74. The van der Waals surface area contributed by atoms with E-state index in [1.54, 1.807) is 12.1 Å². The number of aliphatic hydroxyl groups excluding tert-OH is 1. The van der Waals surface area contributed by atoms with Crippen molar-refractivity contribution in [1.82, 2.24) is 14.1 Å². The number of ether oxygens (including phenoxy) is 3. The lowest BCUT2D eigenvalue weighted by atomic mass is 9.88. The Morgan fingerprint density at radius 3 is 2.39 bits per heavy atom. The molecule has 0 spiro atoms. The standard InChI is InChI=1S/C32H47N3O8S/c1-32(2,16-17-33(3)4)22-34(44(39,40)25-13-11-24(41-5)12-14-25)20-29(36)27(19-23-9-7-6-8-10-23)35(31(37)38)28-21-43-30-26(28)15-18-42-30/h6-14,26-30,36H,15-22H2,1-5H3,(H,37,38)/t26-,27-,28-,29+,30+/m0/s1. The first-order valence-electron chi connectivity index (χ1n) is 15.1. The highest BCUT2D eigenvalue weighted by molar-refractivity contribution is 7.89. The molecule has 5 atom stereocenters. The number of aliphatic hydroxyl groups is 1. The number of carbonyl (C=O) groups is 1. The molecule has 0 aromatic heterocycles. The van der Waals surface area contributed by atoms with Gasteiger partial charge in [-0.3, -0.25) is 4.90 Å². The summed E-state index contributed by atoms with van der Waals surface area (Å²) in [4.78, 5) is 16.3. The average Bonchev–Trinajstić information content (AvgIpc) is 3.61. The van der Waals surface area contributed by atoms with Crippen LogP contribution in [0.3, 0.4) is 0 Å². The summed E-state index contributed by atoms with van der Waals surface area (Å²) < 4.78 is 46.3. The average molecular weight is 634 g/mol.